The van der Waals surface area contributed by atoms with Crippen LogP contribution in [0.25, 0.3) is 0 Å². The van der Waals surface area contributed by atoms with E-state index in [2.05, 4.69) is 10.6 Å². The minimum atomic E-state index is -1.51. The van der Waals surface area contributed by atoms with Crippen molar-refractivity contribution in [3.05, 3.63) is 35.9 Å². The van der Waals surface area contributed by atoms with E-state index in [1.807, 2.05) is 13.8 Å². The van der Waals surface area contributed by atoms with Crippen molar-refractivity contribution >= 4 is 29.7 Å². The predicted octanol–water partition coefficient (Wildman–Crippen LogP) is 0.122. The van der Waals surface area contributed by atoms with Crippen molar-refractivity contribution < 1.29 is 34.2 Å². The van der Waals surface area contributed by atoms with Crippen LogP contribution in [0.4, 0.5) is 0 Å². The molecular formula is C24H34N4O7. The van der Waals surface area contributed by atoms with Gasteiger partial charge >= 0.3 is 11.9 Å². The minimum Gasteiger partial charge on any atom is -0.481 e. The predicted molar refractivity (Wildman–Crippen MR) is 126 cm³/mol. The van der Waals surface area contributed by atoms with Gasteiger partial charge in [-0.2, -0.15) is 0 Å². The van der Waals surface area contributed by atoms with Crippen molar-refractivity contribution in [2.45, 2.75) is 70.1 Å². The highest BCUT2D eigenvalue weighted by Crippen LogP contribution is 2.20. The number of amides is 3. The number of carbonyl (C=O) groups excluding carboxylic acids is 3. The first-order chi connectivity index (χ1) is 16.5. The molecule has 0 aromatic heterocycles. The van der Waals surface area contributed by atoms with E-state index in [4.69, 9.17) is 5.73 Å². The summed E-state index contributed by atoms with van der Waals surface area (Å²) in [6.07, 6.45) is 0.591. The smallest absolute Gasteiger partial charge is 0.326 e. The first kappa shape index (κ1) is 27.8. The number of likely N-dealkylation sites (tertiary alicyclic amines) is 1. The summed E-state index contributed by atoms with van der Waals surface area (Å²) in [6, 6.07) is 4.14. The molecule has 0 spiro atoms. The van der Waals surface area contributed by atoms with E-state index >= 15 is 0 Å². The van der Waals surface area contributed by atoms with E-state index in [1.54, 1.807) is 30.3 Å². The quantitative estimate of drug-likeness (QED) is 0.274. The van der Waals surface area contributed by atoms with Gasteiger partial charge in [-0.3, -0.25) is 19.2 Å². The molecule has 6 N–H and O–H groups in total. The Labute approximate surface area is 204 Å². The minimum absolute atomic E-state index is 0.0195. The Kier molecular flexibility index (Phi) is 10.2. The Morgan fingerprint density at radius 1 is 1.06 bits per heavy atom. The molecule has 1 aliphatic heterocycles. The average molecular weight is 491 g/mol. The van der Waals surface area contributed by atoms with E-state index in [9.17, 15) is 34.2 Å². The fourth-order valence-electron chi connectivity index (χ4n) is 4.10. The van der Waals surface area contributed by atoms with Gasteiger partial charge < -0.3 is 31.5 Å². The van der Waals surface area contributed by atoms with Crippen LogP contribution in [-0.2, 0) is 30.4 Å². The van der Waals surface area contributed by atoms with Gasteiger partial charge in [0, 0.05) is 13.0 Å². The largest absolute Gasteiger partial charge is 0.481 e. The highest BCUT2D eigenvalue weighted by atomic mass is 16.4. The van der Waals surface area contributed by atoms with Gasteiger partial charge in [0.15, 0.2) is 0 Å². The van der Waals surface area contributed by atoms with Crippen molar-refractivity contribution in [1.82, 2.24) is 15.5 Å². The molecule has 1 heterocycles. The van der Waals surface area contributed by atoms with Gasteiger partial charge in [0.05, 0.1) is 12.5 Å². The number of carbonyl (C=O) groups is 5. The second-order valence-corrected chi connectivity index (χ2v) is 9.17. The molecule has 1 saturated heterocycles. The second-order valence-electron chi connectivity index (χ2n) is 9.17. The van der Waals surface area contributed by atoms with Crippen molar-refractivity contribution in [3.8, 4) is 0 Å². The number of rotatable bonds is 12. The third-order valence-electron chi connectivity index (χ3n) is 5.79. The number of nitrogens with zero attached hydrogens (tertiary/aromatic N) is 1. The standard InChI is InChI=1S/C24H34N4O7/c1-14(2)11-16(25)23(33)28-10-6-9-19(28)22(32)26-17(13-20(29)30)21(31)27-18(24(34)35)12-15-7-4-3-5-8-15/h3-5,7-8,14,16-19H,6,9-13,25H2,1-2H3,(H,26,32)(H,27,31)(H,29,30)(H,34,35). The molecule has 1 aromatic rings. The normalized spacial score (nSPS) is 17.9. The molecule has 0 aliphatic carbocycles. The van der Waals surface area contributed by atoms with Crippen LogP contribution in [0.1, 0.15) is 45.1 Å². The Balaban J connectivity index is 2.10. The summed E-state index contributed by atoms with van der Waals surface area (Å²) in [5.74, 6) is -4.44. The van der Waals surface area contributed by atoms with Crippen molar-refractivity contribution in [2.75, 3.05) is 6.54 Å². The number of nitrogens with one attached hydrogen (secondary N) is 2. The Morgan fingerprint density at radius 2 is 1.71 bits per heavy atom. The maximum absolute atomic E-state index is 13.0. The average Bonchev–Trinajstić information content (AvgIpc) is 3.27. The van der Waals surface area contributed by atoms with Gasteiger partial charge in [-0.05, 0) is 30.7 Å². The lowest BCUT2D eigenvalue weighted by Crippen LogP contribution is -2.57. The van der Waals surface area contributed by atoms with Gasteiger partial charge in [-0.1, -0.05) is 44.2 Å². The van der Waals surface area contributed by atoms with E-state index in [-0.39, 0.29) is 18.2 Å². The summed E-state index contributed by atoms with van der Waals surface area (Å²) >= 11 is 0. The van der Waals surface area contributed by atoms with E-state index in [0.717, 1.165) is 0 Å². The first-order valence-corrected chi connectivity index (χ1v) is 11.6. The molecule has 1 aromatic carbocycles. The number of hydrogen-bond acceptors (Lipinski definition) is 6. The zero-order valence-electron chi connectivity index (χ0n) is 20.0. The fraction of sp³-hybridized carbons (Fsp3) is 0.542. The Hall–Kier alpha value is -3.47. The summed E-state index contributed by atoms with van der Waals surface area (Å²) in [4.78, 5) is 63.0. The van der Waals surface area contributed by atoms with Gasteiger partial charge in [0.2, 0.25) is 17.7 Å². The van der Waals surface area contributed by atoms with E-state index < -0.39 is 54.3 Å². The zero-order valence-corrected chi connectivity index (χ0v) is 20.0. The van der Waals surface area contributed by atoms with Crippen LogP contribution in [-0.4, -0.2) is 75.5 Å². The first-order valence-electron chi connectivity index (χ1n) is 11.6. The van der Waals surface area contributed by atoms with Crippen molar-refractivity contribution in [2.24, 2.45) is 11.7 Å². The number of aliphatic carboxylic acids is 2. The molecule has 3 amide bonds. The number of hydrogen-bond donors (Lipinski definition) is 5. The van der Waals surface area contributed by atoms with Crippen LogP contribution in [0.2, 0.25) is 0 Å². The molecule has 1 fully saturated rings. The van der Waals surface area contributed by atoms with Crippen LogP contribution < -0.4 is 16.4 Å². The van der Waals surface area contributed by atoms with Crippen LogP contribution in [0, 0.1) is 5.92 Å². The Bertz CT molecular complexity index is 922. The van der Waals surface area contributed by atoms with Crippen LogP contribution in [0.5, 0.6) is 0 Å². The lowest BCUT2D eigenvalue weighted by atomic mass is 10.0. The summed E-state index contributed by atoms with van der Waals surface area (Å²) in [6.45, 7) is 4.19. The molecular weight excluding hydrogens is 456 g/mol. The molecule has 2 rings (SSSR count). The number of nitrogens with two attached hydrogens (primary N) is 1. The van der Waals surface area contributed by atoms with Crippen LogP contribution >= 0.6 is 0 Å². The third kappa shape index (κ3) is 8.36. The molecule has 11 nitrogen and oxygen atoms in total. The third-order valence-corrected chi connectivity index (χ3v) is 5.79. The molecule has 11 heteroatoms. The van der Waals surface area contributed by atoms with Gasteiger partial charge in [-0.25, -0.2) is 4.79 Å². The molecule has 1 aliphatic rings. The highest BCUT2D eigenvalue weighted by Gasteiger charge is 2.38. The number of carboxylic acids is 2. The fourth-order valence-corrected chi connectivity index (χ4v) is 4.10. The lowest BCUT2D eigenvalue weighted by molar-refractivity contribution is -0.144. The van der Waals surface area contributed by atoms with Gasteiger partial charge in [0.1, 0.15) is 18.1 Å². The number of benzene rings is 1. The maximum Gasteiger partial charge on any atom is 0.326 e. The summed E-state index contributed by atoms with van der Waals surface area (Å²) < 4.78 is 0. The lowest BCUT2D eigenvalue weighted by Gasteiger charge is -2.28. The molecule has 4 unspecified atom stereocenters. The molecule has 0 radical (unpaired) electrons. The SMILES string of the molecule is CC(C)CC(N)C(=O)N1CCCC1C(=O)NC(CC(=O)O)C(=O)NC(Cc1ccccc1)C(=O)O. The maximum atomic E-state index is 13.0. The zero-order chi connectivity index (χ0) is 26.1. The molecule has 0 bridgehead atoms. The molecule has 4 atom stereocenters. The highest BCUT2D eigenvalue weighted by molar-refractivity contribution is 5.95. The summed E-state index contributed by atoms with van der Waals surface area (Å²) in [5.41, 5.74) is 6.67. The van der Waals surface area contributed by atoms with Crippen molar-refractivity contribution in [1.29, 1.82) is 0 Å². The van der Waals surface area contributed by atoms with E-state index in [1.165, 1.54) is 4.90 Å². The molecule has 35 heavy (non-hydrogen) atoms. The van der Waals surface area contributed by atoms with Crippen LogP contribution in [0.15, 0.2) is 30.3 Å². The van der Waals surface area contributed by atoms with Gasteiger partial charge in [0.25, 0.3) is 0 Å². The second kappa shape index (κ2) is 12.8. The van der Waals surface area contributed by atoms with Crippen molar-refractivity contribution in [3.63, 3.8) is 0 Å². The Morgan fingerprint density at radius 3 is 2.29 bits per heavy atom. The topological polar surface area (TPSA) is 179 Å². The van der Waals surface area contributed by atoms with E-state index in [0.29, 0.717) is 31.4 Å². The molecule has 192 valence electrons. The monoisotopic (exact) mass is 490 g/mol. The summed E-state index contributed by atoms with van der Waals surface area (Å²) in [5, 5.41) is 23.5. The molecule has 0 saturated carbocycles. The van der Waals surface area contributed by atoms with Crippen LogP contribution in [0.3, 0.4) is 0 Å². The van der Waals surface area contributed by atoms with Gasteiger partial charge in [-0.15, -0.1) is 0 Å². The number of carboxylic acid groups (broad SMARTS) is 2. The summed E-state index contributed by atoms with van der Waals surface area (Å²) in [7, 11) is 0.